The molecule has 178 valence electrons. The summed E-state index contributed by atoms with van der Waals surface area (Å²) in [5.74, 6) is 1.91. The molecule has 0 bridgehead atoms. The summed E-state index contributed by atoms with van der Waals surface area (Å²) in [6.07, 6.45) is 4.13. The third-order valence-electron chi connectivity index (χ3n) is 3.54. The number of carbonyl (C=O) groups excluding carboxylic acids is 1. The van der Waals surface area contributed by atoms with E-state index >= 15 is 0 Å². The molecule has 0 aliphatic heterocycles. The number of methoxy groups -OCH3 is 2. The topological polar surface area (TPSA) is 81.0 Å². The van der Waals surface area contributed by atoms with Crippen LogP contribution >= 0.6 is 0 Å². The van der Waals surface area contributed by atoms with Gasteiger partial charge in [-0.15, -0.1) is 0 Å². The van der Waals surface area contributed by atoms with E-state index in [9.17, 15) is 4.79 Å². The van der Waals surface area contributed by atoms with Crippen LogP contribution in [0, 0.1) is 11.8 Å². The number of aromatic nitrogens is 1. The monoisotopic (exact) mass is 438 g/mol. The van der Waals surface area contributed by atoms with Gasteiger partial charge in [-0.2, -0.15) is 0 Å². The van der Waals surface area contributed by atoms with Crippen LogP contribution in [0.4, 0.5) is 0 Å². The molecule has 7 nitrogen and oxygen atoms in total. The predicted octanol–water partition coefficient (Wildman–Crippen LogP) is 4.56. The average Bonchev–Trinajstić information content (AvgIpc) is 3.04. The Morgan fingerprint density at radius 1 is 1.10 bits per heavy atom. The SMILES string of the molecule is CC(C)C.CC(C)C=O.COCn1cc(CCN(C)C)c2ccc(OC)cc21.O=CO. The highest BCUT2D eigenvalue weighted by molar-refractivity contribution is 5.85. The minimum Gasteiger partial charge on any atom is -0.497 e. The van der Waals surface area contributed by atoms with Crippen molar-refractivity contribution in [2.45, 2.75) is 47.8 Å². The van der Waals surface area contributed by atoms with E-state index < -0.39 is 0 Å². The van der Waals surface area contributed by atoms with Crippen LogP contribution in [-0.2, 0) is 27.5 Å². The summed E-state index contributed by atoms with van der Waals surface area (Å²) in [6, 6.07) is 6.21. The second-order valence-electron chi connectivity index (χ2n) is 8.20. The molecular formula is C24H42N2O5. The Labute approximate surface area is 187 Å². The lowest BCUT2D eigenvalue weighted by Crippen LogP contribution is -2.14. The van der Waals surface area contributed by atoms with E-state index in [2.05, 4.69) is 62.7 Å². The van der Waals surface area contributed by atoms with E-state index in [1.165, 1.54) is 10.9 Å². The van der Waals surface area contributed by atoms with Crippen molar-refractivity contribution < 1.29 is 24.2 Å². The fourth-order valence-corrected chi connectivity index (χ4v) is 2.26. The summed E-state index contributed by atoms with van der Waals surface area (Å²) in [5, 5.41) is 8.17. The van der Waals surface area contributed by atoms with E-state index in [4.69, 9.17) is 19.4 Å². The van der Waals surface area contributed by atoms with Crippen molar-refractivity contribution >= 4 is 23.7 Å². The maximum atomic E-state index is 9.50. The number of aldehydes is 1. The van der Waals surface area contributed by atoms with Gasteiger partial charge >= 0.3 is 0 Å². The normalized spacial score (nSPS) is 9.94. The van der Waals surface area contributed by atoms with Gasteiger partial charge in [-0.25, -0.2) is 0 Å². The molecular weight excluding hydrogens is 396 g/mol. The maximum Gasteiger partial charge on any atom is 0.290 e. The summed E-state index contributed by atoms with van der Waals surface area (Å²) < 4.78 is 12.7. The molecule has 2 aromatic rings. The third-order valence-corrected chi connectivity index (χ3v) is 3.54. The standard InChI is InChI=1S/C15H22N2O2.C4H8O.C4H10.CH2O2/c1-16(2)8-7-12-10-17(11-18-3)15-9-13(19-4)5-6-14(12)15;1-4(2)3-5;1-4(2)3;2-1-3/h5-6,9-10H,7-8,11H2,1-4H3;3-4H,1-2H3;4H,1-3H3;1H,(H,2,3). The molecule has 2 rings (SSSR count). The van der Waals surface area contributed by atoms with Gasteiger partial charge in [-0.3, -0.25) is 4.79 Å². The second kappa shape index (κ2) is 18.4. The van der Waals surface area contributed by atoms with Gasteiger partial charge in [0.25, 0.3) is 6.47 Å². The Hall–Kier alpha value is -2.38. The number of nitrogens with zero attached hydrogens (tertiary/aromatic N) is 2. The summed E-state index contributed by atoms with van der Waals surface area (Å²) in [4.78, 5) is 20.1. The number of fused-ring (bicyclic) bond motifs is 1. The lowest BCUT2D eigenvalue weighted by Gasteiger charge is -2.08. The summed E-state index contributed by atoms with van der Waals surface area (Å²) in [5.41, 5.74) is 2.51. The zero-order valence-electron chi connectivity index (χ0n) is 20.7. The van der Waals surface area contributed by atoms with Gasteiger partial charge in [0.15, 0.2) is 0 Å². The van der Waals surface area contributed by atoms with Crippen molar-refractivity contribution in [3.8, 4) is 5.75 Å². The molecule has 0 aliphatic rings. The highest BCUT2D eigenvalue weighted by Crippen LogP contribution is 2.26. The number of carbonyl (C=O) groups is 2. The van der Waals surface area contributed by atoms with E-state index in [0.29, 0.717) is 6.73 Å². The molecule has 0 aliphatic carbocycles. The zero-order valence-corrected chi connectivity index (χ0v) is 20.7. The molecule has 0 unspecified atom stereocenters. The number of carboxylic acid groups (broad SMARTS) is 1. The Bertz CT molecular complexity index is 721. The molecule has 0 amide bonds. The largest absolute Gasteiger partial charge is 0.497 e. The Morgan fingerprint density at radius 3 is 2.00 bits per heavy atom. The second-order valence-corrected chi connectivity index (χ2v) is 8.20. The smallest absolute Gasteiger partial charge is 0.290 e. The van der Waals surface area contributed by atoms with Crippen LogP contribution in [0.2, 0.25) is 0 Å². The van der Waals surface area contributed by atoms with Crippen LogP contribution in [0.1, 0.15) is 40.2 Å². The molecule has 7 heteroatoms. The highest BCUT2D eigenvalue weighted by Gasteiger charge is 2.09. The minimum absolute atomic E-state index is 0.204. The highest BCUT2D eigenvalue weighted by atomic mass is 16.5. The predicted molar refractivity (Wildman–Crippen MR) is 128 cm³/mol. The van der Waals surface area contributed by atoms with Crippen molar-refractivity contribution in [2.24, 2.45) is 11.8 Å². The van der Waals surface area contributed by atoms with Gasteiger partial charge in [0.2, 0.25) is 0 Å². The molecule has 1 aromatic heterocycles. The van der Waals surface area contributed by atoms with Crippen LogP contribution in [0.25, 0.3) is 10.9 Å². The maximum absolute atomic E-state index is 9.50. The average molecular weight is 439 g/mol. The number of hydrogen-bond acceptors (Lipinski definition) is 5. The lowest BCUT2D eigenvalue weighted by atomic mass is 10.1. The third kappa shape index (κ3) is 15.1. The quantitative estimate of drug-likeness (QED) is 0.638. The number of rotatable bonds is 7. The van der Waals surface area contributed by atoms with Crippen LogP contribution in [0.3, 0.4) is 0 Å². The minimum atomic E-state index is -0.250. The molecule has 1 N–H and O–H groups in total. The molecule has 1 aromatic carbocycles. The molecule has 0 radical (unpaired) electrons. The van der Waals surface area contributed by atoms with Crippen LogP contribution in [0.15, 0.2) is 24.4 Å². The molecule has 0 saturated heterocycles. The van der Waals surface area contributed by atoms with E-state index in [1.54, 1.807) is 14.2 Å². The first-order chi connectivity index (χ1) is 14.6. The van der Waals surface area contributed by atoms with Crippen LogP contribution in [0.5, 0.6) is 5.75 Å². The van der Waals surface area contributed by atoms with E-state index in [-0.39, 0.29) is 12.4 Å². The summed E-state index contributed by atoms with van der Waals surface area (Å²) >= 11 is 0. The number of likely N-dealkylation sites (N-methyl/N-ethyl adjacent to an activating group) is 1. The van der Waals surface area contributed by atoms with Crippen molar-refractivity contribution in [2.75, 3.05) is 34.9 Å². The van der Waals surface area contributed by atoms with Gasteiger partial charge in [0.05, 0.1) is 12.6 Å². The van der Waals surface area contributed by atoms with Gasteiger partial charge in [0.1, 0.15) is 18.8 Å². The first-order valence-electron chi connectivity index (χ1n) is 10.4. The number of benzene rings is 1. The van der Waals surface area contributed by atoms with Crippen molar-refractivity contribution in [1.29, 1.82) is 0 Å². The molecule has 0 spiro atoms. The summed E-state index contributed by atoms with van der Waals surface area (Å²) in [6.45, 7) is 11.6. The van der Waals surface area contributed by atoms with Crippen molar-refractivity contribution in [1.82, 2.24) is 9.47 Å². The van der Waals surface area contributed by atoms with Gasteiger partial charge in [-0.1, -0.05) is 34.6 Å². The molecule has 0 fully saturated rings. The van der Waals surface area contributed by atoms with Gasteiger partial charge < -0.3 is 28.8 Å². The van der Waals surface area contributed by atoms with Gasteiger partial charge in [0, 0.05) is 37.2 Å². The Kier molecular flexibility index (Phi) is 18.3. The van der Waals surface area contributed by atoms with E-state index in [1.807, 2.05) is 19.9 Å². The van der Waals surface area contributed by atoms with E-state index in [0.717, 1.165) is 36.4 Å². The summed E-state index contributed by atoms with van der Waals surface area (Å²) in [7, 11) is 7.60. The van der Waals surface area contributed by atoms with Gasteiger partial charge in [-0.05, 0) is 44.1 Å². The molecule has 1 heterocycles. The fraction of sp³-hybridized carbons (Fsp3) is 0.583. The van der Waals surface area contributed by atoms with Crippen LogP contribution in [-0.4, -0.2) is 62.2 Å². The molecule has 0 atom stereocenters. The van der Waals surface area contributed by atoms with Crippen molar-refractivity contribution in [3.63, 3.8) is 0 Å². The van der Waals surface area contributed by atoms with Crippen molar-refractivity contribution in [3.05, 3.63) is 30.0 Å². The van der Waals surface area contributed by atoms with Crippen LogP contribution < -0.4 is 4.74 Å². The number of ether oxygens (including phenoxy) is 2. The Balaban J connectivity index is 0. The molecule has 31 heavy (non-hydrogen) atoms. The first kappa shape index (κ1) is 30.8. The number of hydrogen-bond donors (Lipinski definition) is 1. The lowest BCUT2D eigenvalue weighted by molar-refractivity contribution is -0.122. The molecule has 0 saturated carbocycles. The Morgan fingerprint density at radius 2 is 1.61 bits per heavy atom. The first-order valence-corrected chi connectivity index (χ1v) is 10.4. The zero-order chi connectivity index (χ0) is 24.4. The fourth-order valence-electron chi connectivity index (χ4n) is 2.26.